The number of guanidine groups is 1. The maximum absolute atomic E-state index is 12.5. The van der Waals surface area contributed by atoms with Gasteiger partial charge in [0.1, 0.15) is 6.04 Å². The second-order valence-electron chi connectivity index (χ2n) is 5.98. The van der Waals surface area contributed by atoms with Gasteiger partial charge in [0, 0.05) is 17.8 Å². The topological polar surface area (TPSA) is 126 Å². The Kier molecular flexibility index (Phi) is 5.11. The molecule has 2 aromatic carbocycles. The molecule has 0 spiro atoms. The Morgan fingerprint density at radius 2 is 2.00 bits per heavy atom. The molecule has 2 amide bonds. The number of nitro benzene ring substituents is 1. The van der Waals surface area contributed by atoms with E-state index in [2.05, 4.69) is 20.9 Å². The summed E-state index contributed by atoms with van der Waals surface area (Å²) in [6.07, 6.45) is -0.111. The zero-order chi connectivity index (χ0) is 19.4. The minimum atomic E-state index is -0.941. The Morgan fingerprint density at radius 1 is 1.26 bits per heavy atom. The van der Waals surface area contributed by atoms with Gasteiger partial charge in [-0.25, -0.2) is 4.99 Å². The van der Waals surface area contributed by atoms with Gasteiger partial charge in [0.05, 0.1) is 17.0 Å². The molecule has 0 saturated heterocycles. The van der Waals surface area contributed by atoms with Gasteiger partial charge in [-0.3, -0.25) is 25.0 Å². The number of nitro groups is 1. The van der Waals surface area contributed by atoms with Crippen molar-refractivity contribution in [2.45, 2.75) is 19.4 Å². The number of nitrogens with one attached hydrogen (secondary N) is 3. The van der Waals surface area contributed by atoms with Crippen molar-refractivity contribution in [3.8, 4) is 0 Å². The fourth-order valence-electron chi connectivity index (χ4n) is 2.54. The molecule has 1 aliphatic rings. The number of aryl methyl sites for hydroxylation is 1. The minimum absolute atomic E-state index is 0.111. The number of nitrogens with zero attached hydrogens (tertiary/aromatic N) is 2. The Bertz CT molecular complexity index is 927. The number of aliphatic imine (C=N–C) groups is 1. The molecule has 3 rings (SSSR count). The van der Waals surface area contributed by atoms with Crippen molar-refractivity contribution in [2.75, 3.05) is 10.6 Å². The zero-order valence-electron chi connectivity index (χ0n) is 14.4. The molecule has 27 heavy (non-hydrogen) atoms. The van der Waals surface area contributed by atoms with Gasteiger partial charge >= 0.3 is 0 Å². The van der Waals surface area contributed by atoms with Crippen molar-refractivity contribution in [2.24, 2.45) is 4.99 Å². The summed E-state index contributed by atoms with van der Waals surface area (Å²) in [5.74, 6) is -0.687. The zero-order valence-corrected chi connectivity index (χ0v) is 14.4. The van der Waals surface area contributed by atoms with Gasteiger partial charge in [-0.1, -0.05) is 24.3 Å². The van der Waals surface area contributed by atoms with Crippen LogP contribution in [0.15, 0.2) is 53.5 Å². The largest absolute Gasteiger partial charge is 0.326 e. The van der Waals surface area contributed by atoms with Crippen molar-refractivity contribution in [3.63, 3.8) is 0 Å². The lowest BCUT2D eigenvalue weighted by Gasteiger charge is -2.21. The van der Waals surface area contributed by atoms with Crippen molar-refractivity contribution in [1.29, 1.82) is 0 Å². The number of carbonyl (C=O) groups is 2. The van der Waals surface area contributed by atoms with Gasteiger partial charge in [-0.15, -0.1) is 0 Å². The van der Waals surface area contributed by atoms with Crippen LogP contribution >= 0.6 is 0 Å². The smallest absolute Gasteiger partial charge is 0.271 e. The fourth-order valence-corrected chi connectivity index (χ4v) is 2.54. The highest BCUT2D eigenvalue weighted by Crippen LogP contribution is 2.22. The summed E-state index contributed by atoms with van der Waals surface area (Å²) in [7, 11) is 0. The molecule has 0 bridgehead atoms. The van der Waals surface area contributed by atoms with Crippen LogP contribution in [0.5, 0.6) is 0 Å². The molecular formula is C18H17N5O4. The maximum atomic E-state index is 12.5. The van der Waals surface area contributed by atoms with Crippen LogP contribution < -0.4 is 16.0 Å². The normalized spacial score (nSPS) is 16.1. The fraction of sp³-hybridized carbons (Fsp3) is 0.167. The number of rotatable bonds is 4. The third-order valence-corrected chi connectivity index (χ3v) is 3.95. The predicted molar refractivity (Wildman–Crippen MR) is 101 cm³/mol. The van der Waals surface area contributed by atoms with Gasteiger partial charge in [0.25, 0.3) is 5.69 Å². The van der Waals surface area contributed by atoms with Crippen molar-refractivity contribution >= 4 is 34.8 Å². The summed E-state index contributed by atoms with van der Waals surface area (Å²) in [4.78, 5) is 39.1. The van der Waals surface area contributed by atoms with E-state index < -0.39 is 16.9 Å². The van der Waals surface area contributed by atoms with E-state index in [1.807, 2.05) is 18.2 Å². The molecule has 138 valence electrons. The van der Waals surface area contributed by atoms with E-state index in [-0.39, 0.29) is 24.0 Å². The van der Waals surface area contributed by atoms with Gasteiger partial charge < -0.3 is 10.6 Å². The molecule has 1 atom stereocenters. The van der Waals surface area contributed by atoms with E-state index in [1.54, 1.807) is 25.1 Å². The van der Waals surface area contributed by atoms with Gasteiger partial charge in [0.15, 0.2) is 0 Å². The molecule has 0 radical (unpaired) electrons. The van der Waals surface area contributed by atoms with Gasteiger partial charge in [0.2, 0.25) is 17.8 Å². The Balaban J connectivity index is 1.77. The monoisotopic (exact) mass is 367 g/mol. The highest BCUT2D eigenvalue weighted by atomic mass is 16.6. The molecule has 0 aromatic heterocycles. The highest BCUT2D eigenvalue weighted by Gasteiger charge is 2.27. The summed E-state index contributed by atoms with van der Waals surface area (Å²) in [5, 5.41) is 19.1. The van der Waals surface area contributed by atoms with Crippen LogP contribution in [0.25, 0.3) is 0 Å². The van der Waals surface area contributed by atoms with E-state index in [0.717, 1.165) is 0 Å². The van der Waals surface area contributed by atoms with Gasteiger partial charge in [-0.05, 0) is 24.6 Å². The number of hydrogen-bond acceptors (Lipinski definition) is 6. The Morgan fingerprint density at radius 3 is 2.70 bits per heavy atom. The SMILES string of the molecule is Cc1ccc([N+](=O)[O-])cc1NC(=O)[C@H]1CC(=O)NC(Nc2ccccc2)=N1. The first kappa shape index (κ1) is 18.1. The second-order valence-corrected chi connectivity index (χ2v) is 5.98. The van der Waals surface area contributed by atoms with Gasteiger partial charge in [-0.2, -0.15) is 0 Å². The first-order chi connectivity index (χ1) is 12.9. The molecule has 2 aromatic rings. The quantitative estimate of drug-likeness (QED) is 0.564. The lowest BCUT2D eigenvalue weighted by atomic mass is 10.1. The summed E-state index contributed by atoms with van der Waals surface area (Å²) in [6.45, 7) is 1.72. The number of amides is 2. The number of benzene rings is 2. The van der Waals surface area contributed by atoms with E-state index in [4.69, 9.17) is 0 Å². The molecule has 9 heteroatoms. The molecule has 0 fully saturated rings. The summed E-state index contributed by atoms with van der Waals surface area (Å²) in [5.41, 5.74) is 1.56. The van der Waals surface area contributed by atoms with Crippen LogP contribution in [0.3, 0.4) is 0 Å². The van der Waals surface area contributed by atoms with Crippen LogP contribution in [0.4, 0.5) is 17.1 Å². The minimum Gasteiger partial charge on any atom is -0.326 e. The number of anilines is 2. The molecule has 3 N–H and O–H groups in total. The van der Waals surface area contributed by atoms with Crippen LogP contribution in [0.2, 0.25) is 0 Å². The van der Waals surface area contributed by atoms with Crippen molar-refractivity contribution < 1.29 is 14.5 Å². The average Bonchev–Trinajstić information content (AvgIpc) is 2.63. The number of non-ortho nitro benzene ring substituents is 1. The molecule has 0 saturated carbocycles. The molecular weight excluding hydrogens is 350 g/mol. The van der Waals surface area contributed by atoms with Crippen molar-refractivity contribution in [1.82, 2.24) is 5.32 Å². The first-order valence-electron chi connectivity index (χ1n) is 8.18. The number of carbonyl (C=O) groups excluding carboxylic acids is 2. The molecule has 0 unspecified atom stereocenters. The molecule has 9 nitrogen and oxygen atoms in total. The van der Waals surface area contributed by atoms with Crippen LogP contribution in [-0.2, 0) is 9.59 Å². The Labute approximate surface area is 154 Å². The highest BCUT2D eigenvalue weighted by molar-refractivity contribution is 6.10. The lowest BCUT2D eigenvalue weighted by molar-refractivity contribution is -0.384. The lowest BCUT2D eigenvalue weighted by Crippen LogP contribution is -2.45. The molecule has 1 aliphatic heterocycles. The average molecular weight is 367 g/mol. The second kappa shape index (κ2) is 7.65. The standard InChI is InChI=1S/C18H17N5O4/c1-11-7-8-13(23(26)27)9-14(11)20-17(25)15-10-16(24)22-18(21-15)19-12-5-3-2-4-6-12/h2-9,15H,10H2,1H3,(H,20,25)(H2,19,21,22,24)/t15-/m1/s1. The third-order valence-electron chi connectivity index (χ3n) is 3.95. The molecule has 0 aliphatic carbocycles. The van der Waals surface area contributed by atoms with Crippen LogP contribution in [0.1, 0.15) is 12.0 Å². The van der Waals surface area contributed by atoms with Crippen molar-refractivity contribution in [3.05, 3.63) is 64.2 Å². The Hall–Kier alpha value is -3.75. The first-order valence-corrected chi connectivity index (χ1v) is 8.18. The van der Waals surface area contributed by atoms with E-state index in [9.17, 15) is 19.7 Å². The summed E-state index contributed by atoms with van der Waals surface area (Å²) >= 11 is 0. The summed E-state index contributed by atoms with van der Waals surface area (Å²) < 4.78 is 0. The van der Waals surface area contributed by atoms with E-state index in [1.165, 1.54) is 12.1 Å². The number of para-hydroxylation sites is 1. The molecule has 1 heterocycles. The number of hydrogen-bond donors (Lipinski definition) is 3. The maximum Gasteiger partial charge on any atom is 0.271 e. The van der Waals surface area contributed by atoms with E-state index in [0.29, 0.717) is 16.9 Å². The third kappa shape index (κ3) is 4.46. The predicted octanol–water partition coefficient (Wildman–Crippen LogP) is 2.20. The van der Waals surface area contributed by atoms with Crippen LogP contribution in [0, 0.1) is 17.0 Å². The van der Waals surface area contributed by atoms with Crippen LogP contribution in [-0.4, -0.2) is 28.7 Å². The van der Waals surface area contributed by atoms with E-state index >= 15 is 0 Å². The summed E-state index contributed by atoms with van der Waals surface area (Å²) in [6, 6.07) is 12.3.